The quantitative estimate of drug-likeness (QED) is 0.521. The maximum atomic E-state index is 4.08. The van der Waals surface area contributed by atoms with Crippen LogP contribution in [0.3, 0.4) is 0 Å². The first-order chi connectivity index (χ1) is 8.08. The average molecular weight is 232 g/mol. The highest BCUT2D eigenvalue weighted by Crippen LogP contribution is 2.25. The molecule has 0 bridgehead atoms. The normalized spacial score (nSPS) is 14.0. The Balaban J connectivity index is 0. The van der Waals surface area contributed by atoms with Gasteiger partial charge >= 0.3 is 0 Å². The van der Waals surface area contributed by atoms with Crippen LogP contribution in [-0.4, -0.2) is 0 Å². The van der Waals surface area contributed by atoms with Crippen LogP contribution in [-0.2, 0) is 0 Å². The van der Waals surface area contributed by atoms with Gasteiger partial charge in [-0.15, -0.1) is 0 Å². The lowest BCUT2D eigenvalue weighted by Gasteiger charge is -2.17. The highest BCUT2D eigenvalue weighted by Gasteiger charge is 2.10. The molecular formula is C17H28. The summed E-state index contributed by atoms with van der Waals surface area (Å²) >= 11 is 0. The molecule has 0 N–H and O–H groups in total. The standard InChI is InChI=1S/C15H22.C2H6/c1-7-10-11-13(5)14(6)15(9-3)12(4)8-2;1-2/h7-11,14H,1,5H2,2-4,6H3;1-2H3/b11-10-,12-8-,15-9+;. The van der Waals surface area contributed by atoms with Crippen molar-refractivity contribution in [2.24, 2.45) is 5.92 Å². The van der Waals surface area contributed by atoms with Crippen molar-refractivity contribution in [2.75, 3.05) is 0 Å². The highest BCUT2D eigenvalue weighted by molar-refractivity contribution is 5.38. The van der Waals surface area contributed by atoms with Crippen molar-refractivity contribution in [3.05, 3.63) is 60.3 Å². The van der Waals surface area contributed by atoms with Crippen LogP contribution in [0, 0.1) is 5.92 Å². The summed E-state index contributed by atoms with van der Waals surface area (Å²) < 4.78 is 0. The topological polar surface area (TPSA) is 0 Å². The Hall–Kier alpha value is -1.30. The van der Waals surface area contributed by atoms with Crippen molar-refractivity contribution >= 4 is 0 Å². The minimum absolute atomic E-state index is 0.363. The fraction of sp³-hybridized carbons (Fsp3) is 0.412. The maximum absolute atomic E-state index is 4.08. The fourth-order valence-corrected chi connectivity index (χ4v) is 1.52. The van der Waals surface area contributed by atoms with Crippen LogP contribution in [0.2, 0.25) is 0 Å². The Labute approximate surface area is 108 Å². The van der Waals surface area contributed by atoms with Crippen molar-refractivity contribution in [3.63, 3.8) is 0 Å². The van der Waals surface area contributed by atoms with Gasteiger partial charge in [-0.25, -0.2) is 0 Å². The van der Waals surface area contributed by atoms with Crippen molar-refractivity contribution in [1.82, 2.24) is 0 Å². The van der Waals surface area contributed by atoms with E-state index in [9.17, 15) is 0 Å². The summed E-state index contributed by atoms with van der Waals surface area (Å²) in [6.45, 7) is 20.2. The molecule has 0 aliphatic rings. The molecule has 0 aliphatic heterocycles. The minimum atomic E-state index is 0.363. The predicted octanol–water partition coefficient (Wildman–Crippen LogP) is 5.86. The van der Waals surface area contributed by atoms with Crippen LogP contribution < -0.4 is 0 Å². The van der Waals surface area contributed by atoms with Crippen molar-refractivity contribution < 1.29 is 0 Å². The molecule has 0 nitrogen and oxygen atoms in total. The molecule has 1 unspecified atom stereocenters. The van der Waals surface area contributed by atoms with E-state index in [4.69, 9.17) is 0 Å². The van der Waals surface area contributed by atoms with Crippen LogP contribution >= 0.6 is 0 Å². The zero-order chi connectivity index (χ0) is 13.8. The Morgan fingerprint density at radius 1 is 1.12 bits per heavy atom. The third-order valence-electron chi connectivity index (χ3n) is 2.67. The van der Waals surface area contributed by atoms with Gasteiger partial charge in [-0.2, -0.15) is 0 Å². The molecule has 0 saturated heterocycles. The first-order valence-electron chi connectivity index (χ1n) is 6.35. The second-order valence-electron chi connectivity index (χ2n) is 3.61. The van der Waals surface area contributed by atoms with Gasteiger partial charge in [0.05, 0.1) is 0 Å². The van der Waals surface area contributed by atoms with Crippen LogP contribution in [0.4, 0.5) is 0 Å². The molecule has 0 amide bonds. The first-order valence-corrected chi connectivity index (χ1v) is 6.35. The highest BCUT2D eigenvalue weighted by atomic mass is 14.1. The van der Waals surface area contributed by atoms with Crippen LogP contribution in [0.25, 0.3) is 0 Å². The van der Waals surface area contributed by atoms with E-state index in [1.54, 1.807) is 6.08 Å². The van der Waals surface area contributed by atoms with Gasteiger partial charge in [0.2, 0.25) is 0 Å². The predicted molar refractivity (Wildman–Crippen MR) is 82.2 cm³/mol. The average Bonchev–Trinajstić information content (AvgIpc) is 2.38. The van der Waals surface area contributed by atoms with E-state index in [1.165, 1.54) is 11.1 Å². The fourth-order valence-electron chi connectivity index (χ4n) is 1.52. The van der Waals surface area contributed by atoms with E-state index in [0.717, 1.165) is 5.57 Å². The largest absolute Gasteiger partial charge is 0.0991 e. The molecular weight excluding hydrogens is 204 g/mol. The van der Waals surface area contributed by atoms with Crippen LogP contribution in [0.5, 0.6) is 0 Å². The van der Waals surface area contributed by atoms with Crippen molar-refractivity contribution in [2.45, 2.75) is 41.5 Å². The molecule has 0 aromatic rings. The van der Waals surface area contributed by atoms with E-state index in [2.05, 4.69) is 53.0 Å². The van der Waals surface area contributed by atoms with Gasteiger partial charge < -0.3 is 0 Å². The van der Waals surface area contributed by atoms with Gasteiger partial charge in [0.15, 0.2) is 0 Å². The number of hydrogen-bond acceptors (Lipinski definition) is 0. The van der Waals surface area contributed by atoms with Gasteiger partial charge in [0, 0.05) is 5.92 Å². The summed E-state index contributed by atoms with van der Waals surface area (Å²) in [5, 5.41) is 0. The second kappa shape index (κ2) is 11.2. The zero-order valence-corrected chi connectivity index (χ0v) is 12.4. The third kappa shape index (κ3) is 6.78. The molecule has 17 heavy (non-hydrogen) atoms. The molecule has 0 fully saturated rings. The molecule has 0 heterocycles. The lowest BCUT2D eigenvalue weighted by Crippen LogP contribution is -2.02. The molecule has 0 aliphatic carbocycles. The van der Waals surface area contributed by atoms with Gasteiger partial charge in [0.25, 0.3) is 0 Å². The molecule has 0 aromatic heterocycles. The molecule has 0 rings (SSSR count). The molecule has 0 heteroatoms. The zero-order valence-electron chi connectivity index (χ0n) is 12.4. The minimum Gasteiger partial charge on any atom is -0.0991 e. The van der Waals surface area contributed by atoms with E-state index in [0.29, 0.717) is 5.92 Å². The van der Waals surface area contributed by atoms with E-state index in [-0.39, 0.29) is 0 Å². The number of hydrogen-bond donors (Lipinski definition) is 0. The summed E-state index contributed by atoms with van der Waals surface area (Å²) in [6, 6.07) is 0. The Morgan fingerprint density at radius 2 is 1.65 bits per heavy atom. The third-order valence-corrected chi connectivity index (χ3v) is 2.67. The van der Waals surface area contributed by atoms with Crippen molar-refractivity contribution in [1.29, 1.82) is 0 Å². The SMILES string of the molecule is C=C/C=C\C(=C)C(C)C(=C/C)/C(C)=C\C.CC. The van der Waals surface area contributed by atoms with Crippen LogP contribution in [0.15, 0.2) is 60.3 Å². The van der Waals surface area contributed by atoms with Gasteiger partial charge in [0.1, 0.15) is 0 Å². The summed E-state index contributed by atoms with van der Waals surface area (Å²) in [4.78, 5) is 0. The maximum Gasteiger partial charge on any atom is 0.00543 e. The Morgan fingerprint density at radius 3 is 2.00 bits per heavy atom. The smallest absolute Gasteiger partial charge is 0.00543 e. The van der Waals surface area contributed by atoms with Crippen molar-refractivity contribution in [3.8, 4) is 0 Å². The monoisotopic (exact) mass is 232 g/mol. The molecule has 0 aromatic carbocycles. The molecule has 0 spiro atoms. The lowest BCUT2D eigenvalue weighted by molar-refractivity contribution is 0.832. The number of allylic oxidation sites excluding steroid dienone is 8. The lowest BCUT2D eigenvalue weighted by atomic mass is 9.88. The van der Waals surface area contributed by atoms with E-state index < -0.39 is 0 Å². The van der Waals surface area contributed by atoms with Gasteiger partial charge in [-0.05, 0) is 31.9 Å². The molecule has 0 radical (unpaired) electrons. The summed E-state index contributed by atoms with van der Waals surface area (Å²) in [6.07, 6.45) is 10.0. The summed E-state index contributed by atoms with van der Waals surface area (Å²) in [7, 11) is 0. The Kier molecular flexibility index (Phi) is 11.9. The molecule has 1 atom stereocenters. The Bertz CT molecular complexity index is 311. The van der Waals surface area contributed by atoms with Crippen LogP contribution in [0.1, 0.15) is 41.5 Å². The second-order valence-corrected chi connectivity index (χ2v) is 3.61. The summed E-state index contributed by atoms with van der Waals surface area (Å²) in [5.74, 6) is 0.363. The number of rotatable bonds is 5. The van der Waals surface area contributed by atoms with E-state index in [1.807, 2.05) is 26.0 Å². The summed E-state index contributed by atoms with van der Waals surface area (Å²) in [5.41, 5.74) is 3.78. The first kappa shape index (κ1) is 18.1. The van der Waals surface area contributed by atoms with E-state index >= 15 is 0 Å². The molecule has 96 valence electrons. The van der Waals surface area contributed by atoms with Gasteiger partial charge in [-0.1, -0.05) is 69.9 Å². The molecule has 0 saturated carbocycles. The van der Waals surface area contributed by atoms with Gasteiger partial charge in [-0.3, -0.25) is 0 Å².